The Morgan fingerprint density at radius 3 is 2.80 bits per heavy atom. The Morgan fingerprint density at radius 2 is 1.91 bits per heavy atom. The minimum Gasteiger partial charge on any atom is -0.474 e. The molecule has 1 fully saturated rings. The molecule has 0 saturated carbocycles. The first-order valence-electron chi connectivity index (χ1n) is 11.6. The van der Waals surface area contributed by atoms with Gasteiger partial charge in [-0.05, 0) is 68.8 Å². The molecule has 0 aliphatic carbocycles. The summed E-state index contributed by atoms with van der Waals surface area (Å²) in [6.45, 7) is 3.92. The molecule has 0 unspecified atom stereocenters. The number of nitrogens with one attached hydrogen (secondary N) is 2. The van der Waals surface area contributed by atoms with Gasteiger partial charge in [0.25, 0.3) is 0 Å². The zero-order chi connectivity index (χ0) is 23.6. The minimum atomic E-state index is 0.169. The maximum absolute atomic E-state index is 6.12. The van der Waals surface area contributed by atoms with Crippen molar-refractivity contribution in [1.82, 2.24) is 34.9 Å². The fraction of sp³-hybridized carbons (Fsp3) is 0.240. The lowest BCUT2D eigenvalue weighted by Crippen LogP contribution is -2.34. The highest BCUT2D eigenvalue weighted by Gasteiger charge is 2.16. The molecule has 6 rings (SSSR count). The zero-order valence-corrected chi connectivity index (χ0v) is 19.2. The van der Waals surface area contributed by atoms with E-state index in [-0.39, 0.29) is 6.10 Å². The van der Waals surface area contributed by atoms with Crippen LogP contribution in [0, 0.1) is 6.92 Å². The maximum Gasteiger partial charge on any atom is 0.214 e. The van der Waals surface area contributed by atoms with Gasteiger partial charge in [0.2, 0.25) is 5.88 Å². The lowest BCUT2D eigenvalue weighted by Gasteiger charge is -2.23. The van der Waals surface area contributed by atoms with Crippen LogP contribution in [0.3, 0.4) is 0 Å². The molecule has 0 radical (unpaired) electrons. The number of ether oxygens (including phenoxy) is 2. The number of hydrogen-bond donors (Lipinski definition) is 2. The standard InChI is InChI=1S/C25H24N8O2/c1-16-12-17(2-4-21(16)34-19-8-11-33-22(13-19)28-15-30-33)31-25-24-20(27-14-29-25)3-5-23(32-24)35-18-6-9-26-10-7-18/h2-5,8,11-15,18,26H,6-7,9-10H2,1H3,(H,27,29,31). The van der Waals surface area contributed by atoms with E-state index >= 15 is 0 Å². The predicted molar refractivity (Wildman–Crippen MR) is 131 cm³/mol. The van der Waals surface area contributed by atoms with Crippen molar-refractivity contribution >= 4 is 28.2 Å². The van der Waals surface area contributed by atoms with E-state index in [1.807, 2.05) is 55.6 Å². The van der Waals surface area contributed by atoms with Gasteiger partial charge >= 0.3 is 0 Å². The van der Waals surface area contributed by atoms with Crippen molar-refractivity contribution in [2.45, 2.75) is 25.9 Å². The molecule has 1 aliphatic heterocycles. The first kappa shape index (κ1) is 21.2. The van der Waals surface area contributed by atoms with Crippen molar-refractivity contribution < 1.29 is 9.47 Å². The van der Waals surface area contributed by atoms with Crippen LogP contribution in [0.15, 0.2) is 61.3 Å². The molecule has 35 heavy (non-hydrogen) atoms. The highest BCUT2D eigenvalue weighted by atomic mass is 16.5. The van der Waals surface area contributed by atoms with Crippen molar-refractivity contribution in [1.29, 1.82) is 0 Å². The molecular weight excluding hydrogens is 444 g/mol. The van der Waals surface area contributed by atoms with Crippen LogP contribution in [0.1, 0.15) is 18.4 Å². The number of benzene rings is 1. The molecule has 0 spiro atoms. The average Bonchev–Trinajstić information content (AvgIpc) is 3.35. The molecule has 2 N–H and O–H groups in total. The van der Waals surface area contributed by atoms with Crippen molar-refractivity contribution in [3.8, 4) is 17.4 Å². The molecule has 10 heteroatoms. The molecule has 1 aromatic carbocycles. The SMILES string of the molecule is Cc1cc(Nc2ncnc3ccc(OC4CCNCC4)nc23)ccc1Oc1ccn2ncnc2c1. The van der Waals surface area contributed by atoms with Crippen LogP contribution in [0.4, 0.5) is 11.5 Å². The third-order valence-corrected chi connectivity index (χ3v) is 5.95. The number of fused-ring (bicyclic) bond motifs is 2. The van der Waals surface area contributed by atoms with Crippen molar-refractivity contribution in [3.63, 3.8) is 0 Å². The molecular formula is C25H24N8O2. The third kappa shape index (κ3) is 4.56. The van der Waals surface area contributed by atoms with Gasteiger partial charge in [-0.1, -0.05) is 0 Å². The second-order valence-corrected chi connectivity index (χ2v) is 8.44. The molecule has 0 amide bonds. The highest BCUT2D eigenvalue weighted by Crippen LogP contribution is 2.30. The lowest BCUT2D eigenvalue weighted by molar-refractivity contribution is 0.156. The van der Waals surface area contributed by atoms with E-state index in [1.54, 1.807) is 4.52 Å². The van der Waals surface area contributed by atoms with Gasteiger partial charge in [0.05, 0.1) is 5.52 Å². The summed E-state index contributed by atoms with van der Waals surface area (Å²) in [6.07, 6.45) is 6.97. The number of pyridine rings is 2. The number of rotatable bonds is 6. The van der Waals surface area contributed by atoms with Crippen LogP contribution in [0.5, 0.6) is 17.4 Å². The topological polar surface area (TPSA) is 111 Å². The summed E-state index contributed by atoms with van der Waals surface area (Å²) in [6, 6.07) is 13.4. The average molecular weight is 469 g/mol. The van der Waals surface area contributed by atoms with Gasteiger partial charge in [-0.15, -0.1) is 0 Å². The van der Waals surface area contributed by atoms with Crippen LogP contribution < -0.4 is 20.1 Å². The number of nitrogens with zero attached hydrogens (tertiary/aromatic N) is 6. The number of anilines is 2. The van der Waals surface area contributed by atoms with Crippen LogP contribution >= 0.6 is 0 Å². The third-order valence-electron chi connectivity index (χ3n) is 5.95. The molecule has 0 atom stereocenters. The second kappa shape index (κ2) is 9.15. The van der Waals surface area contributed by atoms with Gasteiger partial charge in [-0.2, -0.15) is 5.10 Å². The van der Waals surface area contributed by atoms with Crippen LogP contribution in [-0.4, -0.2) is 48.7 Å². The Labute approximate surface area is 201 Å². The zero-order valence-electron chi connectivity index (χ0n) is 19.2. The predicted octanol–water partition coefficient (Wildman–Crippen LogP) is 4.04. The molecule has 0 bridgehead atoms. The normalized spacial score (nSPS) is 14.3. The molecule has 176 valence electrons. The quantitative estimate of drug-likeness (QED) is 0.381. The highest BCUT2D eigenvalue weighted by molar-refractivity contribution is 5.87. The van der Waals surface area contributed by atoms with E-state index in [1.165, 1.54) is 12.7 Å². The number of piperidine rings is 1. The fourth-order valence-corrected chi connectivity index (χ4v) is 4.13. The fourth-order valence-electron chi connectivity index (χ4n) is 4.13. The summed E-state index contributed by atoms with van der Waals surface area (Å²) in [7, 11) is 0. The van der Waals surface area contributed by atoms with Gasteiger partial charge < -0.3 is 20.1 Å². The molecule has 1 saturated heterocycles. The smallest absolute Gasteiger partial charge is 0.214 e. The number of aromatic nitrogens is 6. The van der Waals surface area contributed by atoms with Crippen LogP contribution in [0.25, 0.3) is 16.7 Å². The van der Waals surface area contributed by atoms with E-state index < -0.39 is 0 Å². The summed E-state index contributed by atoms with van der Waals surface area (Å²) in [5, 5.41) is 10.8. The Bertz CT molecular complexity index is 1500. The lowest BCUT2D eigenvalue weighted by atomic mass is 10.1. The Hall–Kier alpha value is -4.31. The monoisotopic (exact) mass is 468 g/mol. The van der Waals surface area contributed by atoms with E-state index in [4.69, 9.17) is 14.5 Å². The maximum atomic E-state index is 6.12. The number of aryl methyl sites for hydroxylation is 1. The summed E-state index contributed by atoms with van der Waals surface area (Å²) < 4.78 is 13.9. The Kier molecular flexibility index (Phi) is 5.55. The molecule has 10 nitrogen and oxygen atoms in total. The largest absolute Gasteiger partial charge is 0.474 e. The first-order valence-corrected chi connectivity index (χ1v) is 11.6. The molecule has 1 aliphatic rings. The van der Waals surface area contributed by atoms with Crippen molar-refractivity contribution in [2.75, 3.05) is 18.4 Å². The van der Waals surface area contributed by atoms with Gasteiger partial charge in [-0.25, -0.2) is 24.5 Å². The van der Waals surface area contributed by atoms with Gasteiger partial charge in [0, 0.05) is 24.0 Å². The van der Waals surface area contributed by atoms with Gasteiger partial charge in [0.15, 0.2) is 11.5 Å². The van der Waals surface area contributed by atoms with E-state index in [2.05, 4.69) is 30.7 Å². The van der Waals surface area contributed by atoms with E-state index in [0.29, 0.717) is 23.0 Å². The summed E-state index contributed by atoms with van der Waals surface area (Å²) in [4.78, 5) is 17.7. The van der Waals surface area contributed by atoms with E-state index in [0.717, 1.165) is 54.1 Å². The summed E-state index contributed by atoms with van der Waals surface area (Å²) >= 11 is 0. The minimum absolute atomic E-state index is 0.169. The molecule has 5 heterocycles. The summed E-state index contributed by atoms with van der Waals surface area (Å²) in [5.41, 5.74) is 3.98. The molecule has 4 aromatic heterocycles. The Morgan fingerprint density at radius 1 is 1.00 bits per heavy atom. The van der Waals surface area contributed by atoms with E-state index in [9.17, 15) is 0 Å². The van der Waals surface area contributed by atoms with Gasteiger partial charge in [0.1, 0.15) is 35.8 Å². The summed E-state index contributed by atoms with van der Waals surface area (Å²) in [5.74, 6) is 2.66. The van der Waals surface area contributed by atoms with Crippen LogP contribution in [-0.2, 0) is 0 Å². The molecule has 5 aromatic rings. The van der Waals surface area contributed by atoms with Gasteiger partial charge in [-0.3, -0.25) is 0 Å². The number of hydrogen-bond acceptors (Lipinski definition) is 9. The second-order valence-electron chi connectivity index (χ2n) is 8.44. The first-order chi connectivity index (χ1) is 17.2. The van der Waals surface area contributed by atoms with Crippen LogP contribution in [0.2, 0.25) is 0 Å². The van der Waals surface area contributed by atoms with Crippen molar-refractivity contribution in [3.05, 3.63) is 66.9 Å². The Balaban J connectivity index is 1.22. The van der Waals surface area contributed by atoms with Crippen molar-refractivity contribution in [2.24, 2.45) is 0 Å².